The maximum absolute atomic E-state index is 11.2. The van der Waals surface area contributed by atoms with Gasteiger partial charge in [0.2, 0.25) is 0 Å². The standard InChI is InChI=1S/C18H12Cl2O4/c1-3-17(21)23-15-7-5-11(9-13(15)19)12-6-8-16(14(20)10-12)24-18(22)4-2/h3-10H,1-2H2. The second-order valence-electron chi connectivity index (χ2n) is 4.54. The third-order valence-corrected chi connectivity index (χ3v) is 3.54. The molecule has 0 radical (unpaired) electrons. The Hall–Kier alpha value is -2.56. The van der Waals surface area contributed by atoms with Gasteiger partial charge < -0.3 is 9.47 Å². The zero-order chi connectivity index (χ0) is 17.7. The number of halogens is 2. The highest BCUT2D eigenvalue weighted by Gasteiger charge is 2.10. The highest BCUT2D eigenvalue weighted by molar-refractivity contribution is 6.33. The van der Waals surface area contributed by atoms with E-state index in [9.17, 15) is 9.59 Å². The molecular weight excluding hydrogens is 351 g/mol. The van der Waals surface area contributed by atoms with E-state index < -0.39 is 11.9 Å². The van der Waals surface area contributed by atoms with Gasteiger partial charge in [-0.1, -0.05) is 48.5 Å². The van der Waals surface area contributed by atoms with Gasteiger partial charge in [-0.15, -0.1) is 0 Å². The Kier molecular flexibility index (Phi) is 5.79. The molecule has 122 valence electrons. The first-order valence-corrected chi connectivity index (χ1v) is 7.48. The van der Waals surface area contributed by atoms with Crippen LogP contribution in [0, 0.1) is 0 Å². The first kappa shape index (κ1) is 17.8. The van der Waals surface area contributed by atoms with Gasteiger partial charge in [-0.3, -0.25) is 0 Å². The summed E-state index contributed by atoms with van der Waals surface area (Å²) >= 11 is 12.2. The molecule has 0 spiro atoms. The van der Waals surface area contributed by atoms with Crippen molar-refractivity contribution < 1.29 is 19.1 Å². The van der Waals surface area contributed by atoms with Crippen molar-refractivity contribution >= 4 is 35.1 Å². The Morgan fingerprint density at radius 3 is 1.46 bits per heavy atom. The van der Waals surface area contributed by atoms with E-state index in [-0.39, 0.29) is 21.5 Å². The van der Waals surface area contributed by atoms with Crippen molar-refractivity contribution in [2.24, 2.45) is 0 Å². The van der Waals surface area contributed by atoms with Crippen molar-refractivity contribution in [2.75, 3.05) is 0 Å². The van der Waals surface area contributed by atoms with Crippen LogP contribution in [0.15, 0.2) is 61.7 Å². The smallest absolute Gasteiger partial charge is 0.335 e. The Morgan fingerprint density at radius 2 is 1.17 bits per heavy atom. The van der Waals surface area contributed by atoms with Crippen molar-refractivity contribution in [3.8, 4) is 22.6 Å². The van der Waals surface area contributed by atoms with Crippen LogP contribution in [0.5, 0.6) is 11.5 Å². The molecule has 2 aromatic rings. The van der Waals surface area contributed by atoms with Crippen LogP contribution in [0.4, 0.5) is 0 Å². The highest BCUT2D eigenvalue weighted by Crippen LogP contribution is 2.34. The van der Waals surface area contributed by atoms with Crippen LogP contribution in [0.3, 0.4) is 0 Å². The van der Waals surface area contributed by atoms with E-state index in [4.69, 9.17) is 32.7 Å². The number of carbonyl (C=O) groups is 2. The van der Waals surface area contributed by atoms with Crippen molar-refractivity contribution in [1.82, 2.24) is 0 Å². The summed E-state index contributed by atoms with van der Waals surface area (Å²) in [6.45, 7) is 6.64. The van der Waals surface area contributed by atoms with Gasteiger partial charge in [0.15, 0.2) is 0 Å². The average molecular weight is 363 g/mol. The molecule has 4 nitrogen and oxygen atoms in total. The molecule has 0 atom stereocenters. The fourth-order valence-electron chi connectivity index (χ4n) is 1.83. The van der Waals surface area contributed by atoms with Gasteiger partial charge >= 0.3 is 11.9 Å². The molecule has 0 saturated heterocycles. The van der Waals surface area contributed by atoms with Crippen LogP contribution in [0.2, 0.25) is 10.0 Å². The minimum absolute atomic E-state index is 0.230. The van der Waals surface area contributed by atoms with Crippen LogP contribution < -0.4 is 9.47 Å². The maximum atomic E-state index is 11.2. The molecule has 24 heavy (non-hydrogen) atoms. The zero-order valence-electron chi connectivity index (χ0n) is 12.4. The fraction of sp³-hybridized carbons (Fsp3) is 0. The quantitative estimate of drug-likeness (QED) is 0.433. The first-order valence-electron chi connectivity index (χ1n) is 6.72. The minimum Gasteiger partial charge on any atom is -0.422 e. The van der Waals surface area contributed by atoms with E-state index >= 15 is 0 Å². The van der Waals surface area contributed by atoms with Gasteiger partial charge in [0.1, 0.15) is 11.5 Å². The van der Waals surface area contributed by atoms with Gasteiger partial charge in [-0.25, -0.2) is 9.59 Å². The molecule has 0 N–H and O–H groups in total. The third-order valence-electron chi connectivity index (χ3n) is 2.95. The molecule has 0 heterocycles. The summed E-state index contributed by atoms with van der Waals surface area (Å²) in [5.74, 6) is -0.733. The number of ether oxygens (including phenoxy) is 2. The normalized spacial score (nSPS) is 9.92. The van der Waals surface area contributed by atoms with Gasteiger partial charge in [0.25, 0.3) is 0 Å². The summed E-state index contributed by atoms with van der Waals surface area (Å²) in [6.07, 6.45) is 2.10. The summed E-state index contributed by atoms with van der Waals surface area (Å²) in [5.41, 5.74) is 1.50. The summed E-state index contributed by atoms with van der Waals surface area (Å²) in [6, 6.07) is 9.84. The predicted octanol–water partition coefficient (Wildman–Crippen LogP) is 4.84. The second kappa shape index (κ2) is 7.81. The number of carbonyl (C=O) groups excluding carboxylic acids is 2. The lowest BCUT2D eigenvalue weighted by Crippen LogP contribution is -2.03. The Labute approximate surface area is 148 Å². The highest BCUT2D eigenvalue weighted by atomic mass is 35.5. The molecule has 0 aliphatic rings. The molecule has 0 bridgehead atoms. The zero-order valence-corrected chi connectivity index (χ0v) is 13.9. The van der Waals surface area contributed by atoms with E-state index in [0.29, 0.717) is 0 Å². The molecular formula is C18H12Cl2O4. The number of hydrogen-bond acceptors (Lipinski definition) is 4. The molecule has 0 amide bonds. The number of hydrogen-bond donors (Lipinski definition) is 0. The third kappa shape index (κ3) is 4.25. The van der Waals surface area contributed by atoms with Crippen LogP contribution >= 0.6 is 23.2 Å². The minimum atomic E-state index is -0.596. The topological polar surface area (TPSA) is 52.6 Å². The second-order valence-corrected chi connectivity index (χ2v) is 5.36. The number of benzene rings is 2. The van der Waals surface area contributed by atoms with Gasteiger partial charge in [-0.05, 0) is 35.4 Å². The molecule has 2 aromatic carbocycles. The summed E-state index contributed by atoms with van der Waals surface area (Å²) in [4.78, 5) is 22.4. The monoisotopic (exact) mass is 362 g/mol. The molecule has 0 saturated carbocycles. The summed E-state index contributed by atoms with van der Waals surface area (Å²) < 4.78 is 10.0. The van der Waals surface area contributed by atoms with Gasteiger partial charge in [0.05, 0.1) is 10.0 Å². The summed E-state index contributed by atoms with van der Waals surface area (Å²) in [5, 5.41) is 0.530. The van der Waals surface area contributed by atoms with Crippen molar-refractivity contribution in [3.05, 3.63) is 71.8 Å². The molecule has 6 heteroatoms. The molecule has 0 aliphatic heterocycles. The van der Waals surface area contributed by atoms with E-state index in [2.05, 4.69) is 13.2 Å². The van der Waals surface area contributed by atoms with Crippen LogP contribution in [0.25, 0.3) is 11.1 Å². The Bertz CT molecular complexity index is 758. The van der Waals surface area contributed by atoms with Crippen molar-refractivity contribution in [1.29, 1.82) is 0 Å². The predicted molar refractivity (Wildman–Crippen MR) is 93.6 cm³/mol. The number of rotatable bonds is 5. The molecule has 0 aliphatic carbocycles. The largest absolute Gasteiger partial charge is 0.422 e. The van der Waals surface area contributed by atoms with E-state index in [1.807, 2.05) is 0 Å². The van der Waals surface area contributed by atoms with E-state index in [0.717, 1.165) is 23.3 Å². The average Bonchev–Trinajstić information content (AvgIpc) is 2.58. The van der Waals surface area contributed by atoms with E-state index in [1.54, 1.807) is 36.4 Å². The van der Waals surface area contributed by atoms with Crippen LogP contribution in [-0.2, 0) is 9.59 Å². The fourth-order valence-corrected chi connectivity index (χ4v) is 2.26. The van der Waals surface area contributed by atoms with Gasteiger partial charge in [0, 0.05) is 12.2 Å². The molecule has 0 aromatic heterocycles. The van der Waals surface area contributed by atoms with Crippen LogP contribution in [0.1, 0.15) is 0 Å². The first-order chi connectivity index (χ1) is 11.4. The maximum Gasteiger partial charge on any atom is 0.335 e. The van der Waals surface area contributed by atoms with Crippen LogP contribution in [-0.4, -0.2) is 11.9 Å². The SMILES string of the molecule is C=CC(=O)Oc1ccc(-c2ccc(OC(=O)C=C)c(Cl)c2)cc1Cl. The summed E-state index contributed by atoms with van der Waals surface area (Å²) in [7, 11) is 0. The Balaban J connectivity index is 2.28. The van der Waals surface area contributed by atoms with Crippen molar-refractivity contribution in [3.63, 3.8) is 0 Å². The molecule has 0 unspecified atom stereocenters. The lowest BCUT2D eigenvalue weighted by atomic mass is 10.1. The van der Waals surface area contributed by atoms with Crippen molar-refractivity contribution in [2.45, 2.75) is 0 Å². The lowest BCUT2D eigenvalue weighted by molar-refractivity contribution is -0.129. The number of esters is 2. The Morgan fingerprint density at radius 1 is 0.792 bits per heavy atom. The van der Waals surface area contributed by atoms with E-state index in [1.165, 1.54) is 0 Å². The molecule has 0 fully saturated rings. The lowest BCUT2D eigenvalue weighted by Gasteiger charge is -2.09. The van der Waals surface area contributed by atoms with Gasteiger partial charge in [-0.2, -0.15) is 0 Å². The molecule has 2 rings (SSSR count).